The number of ether oxygens (including phenoxy) is 2. The van der Waals surface area contributed by atoms with E-state index in [1.165, 1.54) is 161 Å². The van der Waals surface area contributed by atoms with Crippen LogP contribution in [0.4, 0.5) is 0 Å². The van der Waals surface area contributed by atoms with E-state index < -0.39 is 13.9 Å². The molecule has 0 spiro atoms. The number of carbonyl (C=O) groups excluding carboxylic acids is 1. The molecular formula is C52H100NO7P. The molecule has 0 aliphatic heterocycles. The minimum absolute atomic E-state index is 0.0250. The first-order valence-corrected chi connectivity index (χ1v) is 27.2. The summed E-state index contributed by atoms with van der Waals surface area (Å²) < 4.78 is 34.7. The molecule has 0 aliphatic rings. The van der Waals surface area contributed by atoms with Gasteiger partial charge in [0, 0.05) is 13.0 Å². The second kappa shape index (κ2) is 45.3. The number of carbonyl (C=O) groups is 1. The topological polar surface area (TPSA) is 94.1 Å². The molecule has 0 heterocycles. The summed E-state index contributed by atoms with van der Waals surface area (Å²) in [4.78, 5) is 25.2. The Morgan fingerprint density at radius 3 is 1.34 bits per heavy atom. The van der Waals surface area contributed by atoms with Crippen molar-refractivity contribution in [2.45, 2.75) is 238 Å². The predicted octanol–water partition coefficient (Wildman–Crippen LogP) is 15.1. The van der Waals surface area contributed by atoms with E-state index in [1.54, 1.807) is 0 Å². The van der Waals surface area contributed by atoms with Gasteiger partial charge in [0.15, 0.2) is 0 Å². The van der Waals surface area contributed by atoms with E-state index in [-0.39, 0.29) is 25.8 Å². The highest BCUT2D eigenvalue weighted by atomic mass is 31.2. The lowest BCUT2D eigenvalue weighted by Crippen LogP contribution is -2.37. The lowest BCUT2D eigenvalue weighted by molar-refractivity contribution is -0.870. The lowest BCUT2D eigenvalue weighted by Gasteiger charge is -2.28. The molecular weight excluding hydrogens is 782 g/mol. The van der Waals surface area contributed by atoms with Gasteiger partial charge in [-0.25, -0.2) is 0 Å². The van der Waals surface area contributed by atoms with E-state index in [9.17, 15) is 14.3 Å². The second-order valence-electron chi connectivity index (χ2n) is 18.5. The van der Waals surface area contributed by atoms with E-state index in [2.05, 4.69) is 50.3 Å². The number of hydrogen-bond donors (Lipinski definition) is 0. The van der Waals surface area contributed by atoms with Crippen LogP contribution >= 0.6 is 7.82 Å². The SMILES string of the molecule is CCCCCCC/C=C\C/C=C\C/C=C\CCCCCCCCCOCC(COP(=O)([O-])OCC[N+](C)(C)C)OC(=O)CCCCCCCCCCCCCCCCCCC. The molecule has 0 rings (SSSR count). The number of phosphoric ester groups is 1. The molecule has 0 aromatic carbocycles. The average molecular weight is 882 g/mol. The second-order valence-corrected chi connectivity index (χ2v) is 19.9. The van der Waals surface area contributed by atoms with Crippen LogP contribution in [0.1, 0.15) is 232 Å². The first kappa shape index (κ1) is 59.7. The van der Waals surface area contributed by atoms with Crippen LogP contribution in [0.3, 0.4) is 0 Å². The number of hydrogen-bond acceptors (Lipinski definition) is 7. The molecule has 0 aromatic heterocycles. The monoisotopic (exact) mass is 882 g/mol. The van der Waals surface area contributed by atoms with E-state index in [4.69, 9.17) is 18.5 Å². The first-order chi connectivity index (χ1) is 29.6. The summed E-state index contributed by atoms with van der Waals surface area (Å²) in [7, 11) is 1.36. The average Bonchev–Trinajstić information content (AvgIpc) is 3.22. The molecule has 0 fully saturated rings. The zero-order valence-corrected chi connectivity index (χ0v) is 41.8. The third-order valence-electron chi connectivity index (χ3n) is 11.2. The minimum Gasteiger partial charge on any atom is -0.756 e. The predicted molar refractivity (Wildman–Crippen MR) is 259 cm³/mol. The molecule has 9 heteroatoms. The molecule has 0 aliphatic carbocycles. The van der Waals surface area contributed by atoms with Crippen molar-refractivity contribution in [3.63, 3.8) is 0 Å². The fourth-order valence-electron chi connectivity index (χ4n) is 7.20. The first-order valence-electron chi connectivity index (χ1n) is 25.7. The Bertz CT molecular complexity index is 1070. The maximum absolute atomic E-state index is 12.7. The van der Waals surface area contributed by atoms with Gasteiger partial charge in [-0.1, -0.05) is 211 Å². The summed E-state index contributed by atoms with van der Waals surface area (Å²) >= 11 is 0. The Balaban J connectivity index is 4.15. The Morgan fingerprint density at radius 1 is 0.508 bits per heavy atom. The number of unbranched alkanes of at least 4 members (excludes halogenated alkanes) is 28. The standard InChI is InChI=1S/C52H100NO7P/c1-6-8-10-12-14-16-18-20-22-24-25-26-27-28-30-32-34-36-38-40-42-44-47-57-49-51(50-59-61(55,56)58-48-46-53(3,4)5)60-52(54)45-43-41-39-37-35-33-31-29-23-21-19-17-15-13-11-9-7-2/h18,20,24-25,27-28,51H,6-17,19,21-23,26,29-50H2,1-5H3/b20-18-,25-24-,28-27-. The van der Waals surface area contributed by atoms with Crippen molar-refractivity contribution in [3.05, 3.63) is 36.5 Å². The number of phosphoric acid groups is 1. The van der Waals surface area contributed by atoms with Gasteiger partial charge in [0.25, 0.3) is 7.82 Å². The third kappa shape index (κ3) is 49.6. The molecule has 0 amide bonds. The van der Waals surface area contributed by atoms with Crippen molar-refractivity contribution in [2.24, 2.45) is 0 Å². The highest BCUT2D eigenvalue weighted by Crippen LogP contribution is 2.38. The number of rotatable bonds is 48. The largest absolute Gasteiger partial charge is 0.756 e. The molecule has 0 saturated heterocycles. The normalized spacial score (nSPS) is 13.9. The number of quaternary nitrogens is 1. The number of nitrogens with zero attached hydrogens (tertiary/aromatic N) is 1. The molecule has 2 atom stereocenters. The third-order valence-corrected chi connectivity index (χ3v) is 12.2. The van der Waals surface area contributed by atoms with Gasteiger partial charge < -0.3 is 27.9 Å². The van der Waals surface area contributed by atoms with E-state index in [1.807, 2.05) is 21.1 Å². The maximum atomic E-state index is 12.7. The number of likely N-dealkylation sites (N-methyl/N-ethyl adjacent to an activating group) is 1. The van der Waals surface area contributed by atoms with Crippen molar-refractivity contribution in [1.82, 2.24) is 0 Å². The van der Waals surface area contributed by atoms with Gasteiger partial charge in [-0.05, 0) is 51.4 Å². The van der Waals surface area contributed by atoms with Crippen LogP contribution in [0.25, 0.3) is 0 Å². The molecule has 61 heavy (non-hydrogen) atoms. The van der Waals surface area contributed by atoms with Crippen LogP contribution in [0.15, 0.2) is 36.5 Å². The summed E-state index contributed by atoms with van der Waals surface area (Å²) in [5, 5.41) is 0. The van der Waals surface area contributed by atoms with Crippen molar-refractivity contribution >= 4 is 13.8 Å². The molecule has 0 N–H and O–H groups in total. The summed E-state index contributed by atoms with van der Waals surface area (Å²) in [5.41, 5.74) is 0. The molecule has 0 saturated carbocycles. The molecule has 2 unspecified atom stereocenters. The number of esters is 1. The molecule has 0 bridgehead atoms. The van der Waals surface area contributed by atoms with Gasteiger partial charge in [0.05, 0.1) is 34.4 Å². The molecule has 8 nitrogen and oxygen atoms in total. The molecule has 0 radical (unpaired) electrons. The van der Waals surface area contributed by atoms with Crippen molar-refractivity contribution in [3.8, 4) is 0 Å². The van der Waals surface area contributed by atoms with Crippen LogP contribution < -0.4 is 4.89 Å². The zero-order valence-electron chi connectivity index (χ0n) is 40.9. The summed E-state index contributed by atoms with van der Waals surface area (Å²) in [6.45, 7) is 5.41. The molecule has 360 valence electrons. The van der Waals surface area contributed by atoms with Crippen LogP contribution in [-0.4, -0.2) is 70.7 Å². The Morgan fingerprint density at radius 2 is 0.902 bits per heavy atom. The van der Waals surface area contributed by atoms with Gasteiger partial charge in [-0.2, -0.15) is 0 Å². The smallest absolute Gasteiger partial charge is 0.306 e. The van der Waals surface area contributed by atoms with Gasteiger partial charge in [-0.15, -0.1) is 0 Å². The fourth-order valence-corrected chi connectivity index (χ4v) is 7.93. The Kier molecular flexibility index (Phi) is 44.3. The zero-order chi connectivity index (χ0) is 44.8. The van der Waals surface area contributed by atoms with Gasteiger partial charge in [0.1, 0.15) is 19.3 Å². The maximum Gasteiger partial charge on any atom is 0.306 e. The highest BCUT2D eigenvalue weighted by Gasteiger charge is 2.20. The van der Waals surface area contributed by atoms with Gasteiger partial charge in [-0.3, -0.25) is 9.36 Å². The Hall–Kier alpha value is -1.28. The van der Waals surface area contributed by atoms with Gasteiger partial charge >= 0.3 is 5.97 Å². The summed E-state index contributed by atoms with van der Waals surface area (Å²) in [6, 6.07) is 0. The summed E-state index contributed by atoms with van der Waals surface area (Å²) in [6.07, 6.45) is 54.5. The minimum atomic E-state index is -4.53. The van der Waals surface area contributed by atoms with Crippen molar-refractivity contribution in [2.75, 3.05) is 54.1 Å². The highest BCUT2D eigenvalue weighted by molar-refractivity contribution is 7.45. The van der Waals surface area contributed by atoms with Crippen LogP contribution in [-0.2, 0) is 27.9 Å². The van der Waals surface area contributed by atoms with Crippen LogP contribution in [0.5, 0.6) is 0 Å². The van der Waals surface area contributed by atoms with Crippen molar-refractivity contribution < 1.29 is 37.3 Å². The van der Waals surface area contributed by atoms with Crippen LogP contribution in [0.2, 0.25) is 0 Å². The quantitative estimate of drug-likeness (QED) is 0.0197. The van der Waals surface area contributed by atoms with E-state index >= 15 is 0 Å². The van der Waals surface area contributed by atoms with Crippen LogP contribution in [0, 0.1) is 0 Å². The Labute approximate surface area is 378 Å². The lowest BCUT2D eigenvalue weighted by atomic mass is 10.0. The summed E-state index contributed by atoms with van der Waals surface area (Å²) in [5.74, 6) is -0.334. The van der Waals surface area contributed by atoms with E-state index in [0.717, 1.165) is 51.4 Å². The fraction of sp³-hybridized carbons (Fsp3) is 0.865. The van der Waals surface area contributed by atoms with Gasteiger partial charge in [0.2, 0.25) is 0 Å². The molecule has 0 aromatic rings. The number of allylic oxidation sites excluding steroid dienone is 6. The van der Waals surface area contributed by atoms with E-state index in [0.29, 0.717) is 24.1 Å². The van der Waals surface area contributed by atoms with Crippen molar-refractivity contribution in [1.29, 1.82) is 0 Å².